The fourth-order valence-corrected chi connectivity index (χ4v) is 4.48. The number of fused-ring (bicyclic) bond motifs is 3. The lowest BCUT2D eigenvalue weighted by molar-refractivity contribution is 0.111. The summed E-state index contributed by atoms with van der Waals surface area (Å²) in [5, 5.41) is 10.3. The molecule has 1 aliphatic heterocycles. The summed E-state index contributed by atoms with van der Waals surface area (Å²) in [5.74, 6) is 2.52. The van der Waals surface area contributed by atoms with Crippen LogP contribution in [-0.4, -0.2) is 87.1 Å². The molecule has 2 aliphatic rings. The van der Waals surface area contributed by atoms with E-state index in [4.69, 9.17) is 23.8 Å². The zero-order chi connectivity index (χ0) is 26.6. The number of ether oxygens (including phenoxy) is 3. The average molecular weight is 523 g/mol. The van der Waals surface area contributed by atoms with E-state index in [9.17, 15) is 13.5 Å². The lowest BCUT2D eigenvalue weighted by Crippen LogP contribution is -2.34. The number of hydrogen-bond donors (Lipinski definition) is 2. The normalized spacial score (nSPS) is 20.7. The molecule has 0 radical (unpaired) electrons. The Kier molecular flexibility index (Phi) is 8.75. The topological polar surface area (TPSA) is 144 Å². The van der Waals surface area contributed by atoms with E-state index < -0.39 is 10.1 Å². The van der Waals surface area contributed by atoms with Crippen LogP contribution in [0, 0.1) is 0 Å². The minimum Gasteiger partial charge on any atom is -0.493 e. The molecule has 0 unspecified atom stereocenters. The molecule has 3 atom stereocenters. The summed E-state index contributed by atoms with van der Waals surface area (Å²) >= 11 is 0. The minimum absolute atomic E-state index is 0.0759. The van der Waals surface area contributed by atoms with Gasteiger partial charge in [0.2, 0.25) is 11.8 Å². The molecule has 0 bridgehead atoms. The molecule has 2 aromatic rings. The second-order valence-electron chi connectivity index (χ2n) is 8.86. The van der Waals surface area contributed by atoms with Gasteiger partial charge in [-0.25, -0.2) is 4.98 Å². The smallest absolute Gasteiger partial charge is 0.261 e. The van der Waals surface area contributed by atoms with Gasteiger partial charge in [-0.2, -0.15) is 13.4 Å². The second kappa shape index (κ2) is 11.4. The van der Waals surface area contributed by atoms with Gasteiger partial charge in [0.05, 0.1) is 50.5 Å². The number of aromatic nitrogens is 2. The van der Waals surface area contributed by atoms with Crippen LogP contribution in [0.5, 0.6) is 17.4 Å². The third-order valence-corrected chi connectivity index (χ3v) is 5.96. The third-order valence-electron chi connectivity index (χ3n) is 5.96. The van der Waals surface area contributed by atoms with Crippen molar-refractivity contribution in [2.45, 2.75) is 44.2 Å². The van der Waals surface area contributed by atoms with E-state index in [2.05, 4.69) is 9.97 Å². The maximum Gasteiger partial charge on any atom is 0.261 e. The van der Waals surface area contributed by atoms with Gasteiger partial charge >= 0.3 is 0 Å². The molecule has 1 aliphatic carbocycles. The van der Waals surface area contributed by atoms with Crippen LogP contribution in [0.2, 0.25) is 0 Å². The van der Waals surface area contributed by atoms with Gasteiger partial charge in [-0.05, 0) is 43.9 Å². The van der Waals surface area contributed by atoms with Crippen molar-refractivity contribution in [1.29, 1.82) is 0 Å². The molecular formula is C24H34N4O7S. The molecule has 1 aromatic carbocycles. The van der Waals surface area contributed by atoms with Gasteiger partial charge in [0, 0.05) is 31.8 Å². The number of hydrogen-bond acceptors (Lipinski definition) is 10. The first-order valence-corrected chi connectivity index (χ1v) is 13.4. The van der Waals surface area contributed by atoms with Crippen molar-refractivity contribution < 1.29 is 32.3 Å². The zero-order valence-electron chi connectivity index (χ0n) is 21.4. The number of aliphatic imine (C=N–C) groups is 1. The van der Waals surface area contributed by atoms with E-state index in [-0.39, 0.29) is 18.1 Å². The molecule has 4 rings (SSSR count). The van der Waals surface area contributed by atoms with Gasteiger partial charge in [0.1, 0.15) is 0 Å². The lowest BCUT2D eigenvalue weighted by Gasteiger charge is -2.37. The molecule has 1 fully saturated rings. The van der Waals surface area contributed by atoms with Gasteiger partial charge in [0.25, 0.3) is 10.1 Å². The first-order chi connectivity index (χ1) is 17.0. The predicted molar refractivity (Wildman–Crippen MR) is 137 cm³/mol. The predicted octanol–water partition coefficient (Wildman–Crippen LogP) is 2.31. The number of benzene rings is 1. The maximum absolute atomic E-state index is 10.3. The second-order valence-corrected chi connectivity index (χ2v) is 10.3. The number of aliphatic hydroxyl groups is 1. The quantitative estimate of drug-likeness (QED) is 0.542. The van der Waals surface area contributed by atoms with E-state index >= 15 is 0 Å². The van der Waals surface area contributed by atoms with E-state index in [1.165, 1.54) is 0 Å². The van der Waals surface area contributed by atoms with Crippen LogP contribution < -0.4 is 19.1 Å². The van der Waals surface area contributed by atoms with Gasteiger partial charge in [0.15, 0.2) is 11.5 Å². The zero-order valence-corrected chi connectivity index (χ0v) is 22.2. The number of rotatable bonds is 6. The average Bonchev–Trinajstić information content (AvgIpc) is 2.82. The Hall–Kier alpha value is -2.96. The number of methoxy groups -OCH3 is 2. The van der Waals surface area contributed by atoms with Crippen LogP contribution >= 0.6 is 0 Å². The van der Waals surface area contributed by atoms with Crippen LogP contribution in [-0.2, 0) is 10.1 Å². The Morgan fingerprint density at radius 2 is 1.81 bits per heavy atom. The van der Waals surface area contributed by atoms with Crippen molar-refractivity contribution in [1.82, 2.24) is 9.97 Å². The molecule has 36 heavy (non-hydrogen) atoms. The Balaban J connectivity index is 0.000000658. The molecular weight excluding hydrogens is 488 g/mol. The Bertz CT molecular complexity index is 1210. The van der Waals surface area contributed by atoms with E-state index in [0.29, 0.717) is 42.6 Å². The molecule has 198 valence electrons. The molecule has 0 amide bonds. The SMILES string of the molecule is CCOc1cc2c(cc1OC)C(c1cnc(N(C)C)nc1OC)=N[C@@H]1CC[C@@H](O)C[C@H]21.CS(=O)(=O)O. The fourth-order valence-electron chi connectivity index (χ4n) is 4.48. The summed E-state index contributed by atoms with van der Waals surface area (Å²) in [4.78, 5) is 16.0. The van der Waals surface area contributed by atoms with Gasteiger partial charge in [-0.15, -0.1) is 0 Å². The van der Waals surface area contributed by atoms with Crippen molar-refractivity contribution in [3.8, 4) is 17.4 Å². The summed E-state index contributed by atoms with van der Waals surface area (Å²) in [7, 11) is 3.35. The highest BCUT2D eigenvalue weighted by atomic mass is 32.2. The highest BCUT2D eigenvalue weighted by molar-refractivity contribution is 7.85. The molecule has 2 heterocycles. The number of aliphatic hydroxyl groups excluding tert-OH is 1. The summed E-state index contributed by atoms with van der Waals surface area (Å²) in [5.41, 5.74) is 3.58. The molecule has 11 nitrogen and oxygen atoms in total. The molecule has 2 N–H and O–H groups in total. The highest BCUT2D eigenvalue weighted by Gasteiger charge is 2.38. The molecule has 1 aromatic heterocycles. The highest BCUT2D eigenvalue weighted by Crippen LogP contribution is 2.45. The van der Waals surface area contributed by atoms with Gasteiger partial charge < -0.3 is 24.2 Å². The molecule has 0 saturated heterocycles. The first-order valence-electron chi connectivity index (χ1n) is 11.6. The van der Waals surface area contributed by atoms with Crippen molar-refractivity contribution in [3.63, 3.8) is 0 Å². The molecule has 1 saturated carbocycles. The van der Waals surface area contributed by atoms with Crippen LogP contribution in [0.15, 0.2) is 23.3 Å². The Morgan fingerprint density at radius 1 is 1.11 bits per heavy atom. The molecule has 12 heteroatoms. The van der Waals surface area contributed by atoms with E-state index in [0.717, 1.165) is 35.2 Å². The standard InChI is InChI=1S/C23H30N4O4.CH4O3S/c1-6-31-20-10-14-15-9-13(28)7-8-18(15)25-21(16(14)11-19(20)29-4)17-12-24-23(27(2)3)26-22(17)30-5;1-5(2,3)4/h10-13,15,18,28H,6-9H2,1-5H3;1H3,(H,2,3,4)/t13-,15-,18-;/m1./s1. The summed E-state index contributed by atoms with van der Waals surface area (Å²) in [6.07, 6.45) is 4.41. The molecule has 0 spiro atoms. The largest absolute Gasteiger partial charge is 0.493 e. The van der Waals surface area contributed by atoms with E-state index in [1.807, 2.05) is 38.1 Å². The van der Waals surface area contributed by atoms with Crippen LogP contribution in [0.25, 0.3) is 0 Å². The summed E-state index contributed by atoms with van der Waals surface area (Å²) < 4.78 is 43.0. The van der Waals surface area contributed by atoms with Crippen LogP contribution in [0.1, 0.15) is 48.8 Å². The number of anilines is 1. The summed E-state index contributed by atoms with van der Waals surface area (Å²) in [6, 6.07) is 4.09. The third kappa shape index (κ3) is 6.42. The Labute approximate surface area is 211 Å². The van der Waals surface area contributed by atoms with Crippen molar-refractivity contribution in [2.75, 3.05) is 46.1 Å². The minimum atomic E-state index is -3.67. The first kappa shape index (κ1) is 27.6. The van der Waals surface area contributed by atoms with Crippen LogP contribution in [0.4, 0.5) is 5.95 Å². The van der Waals surface area contributed by atoms with Crippen molar-refractivity contribution in [3.05, 3.63) is 35.0 Å². The fraction of sp³-hybridized carbons (Fsp3) is 0.542. The Morgan fingerprint density at radius 3 is 2.39 bits per heavy atom. The van der Waals surface area contributed by atoms with E-state index in [1.54, 1.807) is 20.4 Å². The van der Waals surface area contributed by atoms with Crippen LogP contribution in [0.3, 0.4) is 0 Å². The van der Waals surface area contributed by atoms with Gasteiger partial charge in [-0.3, -0.25) is 9.55 Å². The monoisotopic (exact) mass is 522 g/mol. The van der Waals surface area contributed by atoms with Gasteiger partial charge in [-0.1, -0.05) is 0 Å². The van der Waals surface area contributed by atoms with Crippen molar-refractivity contribution in [2.24, 2.45) is 4.99 Å². The number of nitrogens with zero attached hydrogens (tertiary/aromatic N) is 4. The summed E-state index contributed by atoms with van der Waals surface area (Å²) in [6.45, 7) is 2.49. The lowest BCUT2D eigenvalue weighted by atomic mass is 9.74. The van der Waals surface area contributed by atoms with Crippen molar-refractivity contribution >= 4 is 21.8 Å². The maximum atomic E-state index is 10.3.